The number of aliphatic hydroxyl groups is 1. The molecule has 0 amide bonds. The number of aliphatic hydroxyl groups excluding tert-OH is 1. The number of fused-ring (bicyclic) bond motifs is 2. The van der Waals surface area contributed by atoms with E-state index in [2.05, 4.69) is 6.07 Å². The molecule has 2 aromatic heterocycles. The molecule has 126 valence electrons. The summed E-state index contributed by atoms with van der Waals surface area (Å²) >= 11 is 1.59. The smallest absolute Gasteiger partial charge is 0.235 e. The number of nitriles is 1. The van der Waals surface area contributed by atoms with Gasteiger partial charge in [-0.15, -0.1) is 11.8 Å². The van der Waals surface area contributed by atoms with Gasteiger partial charge in [0.2, 0.25) is 5.95 Å². The van der Waals surface area contributed by atoms with Crippen LogP contribution in [0.15, 0.2) is 29.3 Å². The number of rotatable bonds is 2. The molecule has 0 aliphatic heterocycles. The monoisotopic (exact) mass is 350 g/mol. The first-order chi connectivity index (χ1) is 12.1. The lowest BCUT2D eigenvalue weighted by Crippen LogP contribution is -2.17. The molecule has 1 N–H and O–H groups in total. The van der Waals surface area contributed by atoms with Gasteiger partial charge in [0.15, 0.2) is 0 Å². The van der Waals surface area contributed by atoms with Gasteiger partial charge in [0, 0.05) is 16.6 Å². The van der Waals surface area contributed by atoms with Crippen LogP contribution in [0.4, 0.5) is 0 Å². The van der Waals surface area contributed by atoms with E-state index in [1.807, 2.05) is 42.0 Å². The third-order valence-electron chi connectivity index (χ3n) is 4.75. The lowest BCUT2D eigenvalue weighted by molar-refractivity contribution is 0.150. The predicted octanol–water partition coefficient (Wildman–Crippen LogP) is 3.69. The van der Waals surface area contributed by atoms with Gasteiger partial charge in [-0.25, -0.2) is 9.97 Å². The first-order valence-corrected chi connectivity index (χ1v) is 9.51. The van der Waals surface area contributed by atoms with E-state index in [1.54, 1.807) is 11.8 Å². The number of aryl methyl sites for hydroxylation is 1. The highest BCUT2D eigenvalue weighted by molar-refractivity contribution is 7.98. The van der Waals surface area contributed by atoms with Crippen LogP contribution >= 0.6 is 11.8 Å². The van der Waals surface area contributed by atoms with Crippen LogP contribution in [0.5, 0.6) is 0 Å². The first-order valence-electron chi connectivity index (χ1n) is 8.28. The highest BCUT2D eigenvalue weighted by Gasteiger charge is 2.25. The normalized spacial score (nSPS) is 16.6. The summed E-state index contributed by atoms with van der Waals surface area (Å²) in [6.07, 6.45) is 4.07. The summed E-state index contributed by atoms with van der Waals surface area (Å²) < 4.78 is 1.97. The first kappa shape index (κ1) is 16.1. The molecule has 5 nitrogen and oxygen atoms in total. The molecule has 2 heterocycles. The van der Waals surface area contributed by atoms with Gasteiger partial charge >= 0.3 is 0 Å². The van der Waals surface area contributed by atoms with Crippen LogP contribution in [0.25, 0.3) is 16.9 Å². The molecule has 0 fully saturated rings. The summed E-state index contributed by atoms with van der Waals surface area (Å²) in [5.74, 6) is 0.562. The van der Waals surface area contributed by atoms with Gasteiger partial charge < -0.3 is 5.11 Å². The van der Waals surface area contributed by atoms with E-state index in [1.165, 1.54) is 0 Å². The van der Waals surface area contributed by atoms with Gasteiger partial charge in [0.1, 0.15) is 5.03 Å². The molecule has 1 aliphatic carbocycles. The number of nitrogens with zero attached hydrogens (tertiary/aromatic N) is 4. The maximum atomic E-state index is 10.4. The Labute approximate surface area is 150 Å². The van der Waals surface area contributed by atoms with Crippen molar-refractivity contribution in [1.82, 2.24) is 14.5 Å². The molecule has 0 radical (unpaired) electrons. The maximum absolute atomic E-state index is 10.4. The molecule has 3 aromatic rings. The maximum Gasteiger partial charge on any atom is 0.235 e. The van der Waals surface area contributed by atoms with Crippen molar-refractivity contribution in [3.63, 3.8) is 0 Å². The van der Waals surface area contributed by atoms with Crippen molar-refractivity contribution < 1.29 is 5.11 Å². The lowest BCUT2D eigenvalue weighted by atomic mass is 9.95. The highest BCUT2D eigenvalue weighted by Crippen LogP contribution is 2.34. The van der Waals surface area contributed by atoms with Crippen molar-refractivity contribution in [3.05, 3.63) is 46.8 Å². The van der Waals surface area contributed by atoms with Crippen molar-refractivity contribution in [2.75, 3.05) is 6.26 Å². The zero-order valence-electron chi connectivity index (χ0n) is 14.2. The standard InChI is InChI=1S/C19H18N4OS/c1-11-9-14-12(10-20)5-3-7-15(14)23(11)19-21-17-13(18(22-19)25-2)6-4-8-16(17)24/h3,5,7,9,16,24H,4,6,8H2,1-2H3. The van der Waals surface area contributed by atoms with Gasteiger partial charge in [0.25, 0.3) is 0 Å². The third kappa shape index (κ3) is 2.51. The molecule has 0 saturated carbocycles. The second-order valence-corrected chi connectivity index (χ2v) is 7.07. The van der Waals surface area contributed by atoms with Gasteiger partial charge in [-0.3, -0.25) is 4.57 Å². The molecule has 1 unspecified atom stereocenters. The van der Waals surface area contributed by atoms with Crippen LogP contribution in [-0.2, 0) is 6.42 Å². The fourth-order valence-corrected chi connectivity index (χ4v) is 4.21. The Morgan fingerprint density at radius 3 is 2.96 bits per heavy atom. The summed E-state index contributed by atoms with van der Waals surface area (Å²) in [6, 6.07) is 9.90. The average Bonchev–Trinajstić information content (AvgIpc) is 2.97. The van der Waals surface area contributed by atoms with Crippen molar-refractivity contribution in [2.24, 2.45) is 0 Å². The van der Waals surface area contributed by atoms with E-state index in [0.29, 0.717) is 11.5 Å². The van der Waals surface area contributed by atoms with Gasteiger partial charge in [-0.2, -0.15) is 5.26 Å². The molecule has 0 spiro atoms. The van der Waals surface area contributed by atoms with E-state index in [4.69, 9.17) is 9.97 Å². The van der Waals surface area contributed by atoms with Crippen molar-refractivity contribution in [3.8, 4) is 12.0 Å². The van der Waals surface area contributed by atoms with Gasteiger partial charge in [0.05, 0.1) is 28.9 Å². The SMILES string of the molecule is CSc1nc(-n2c(C)cc3c(C#N)cccc32)nc2c1CCCC2O. The zero-order valence-corrected chi connectivity index (χ0v) is 15.0. The van der Waals surface area contributed by atoms with E-state index in [0.717, 1.165) is 52.1 Å². The van der Waals surface area contributed by atoms with Gasteiger partial charge in [-0.05, 0) is 50.6 Å². The molecular formula is C19H18N4OS. The topological polar surface area (TPSA) is 74.7 Å². The molecule has 25 heavy (non-hydrogen) atoms. The van der Waals surface area contributed by atoms with Crippen LogP contribution in [0, 0.1) is 18.3 Å². The summed E-state index contributed by atoms with van der Waals surface area (Å²) in [5, 5.41) is 21.6. The Hall–Kier alpha value is -2.36. The average molecular weight is 350 g/mol. The number of hydrogen-bond donors (Lipinski definition) is 1. The Balaban J connectivity index is 2.00. The Bertz CT molecular complexity index is 1020. The second kappa shape index (κ2) is 6.17. The van der Waals surface area contributed by atoms with E-state index >= 15 is 0 Å². The molecule has 4 rings (SSSR count). The molecule has 1 atom stereocenters. The second-order valence-electron chi connectivity index (χ2n) is 6.28. The fourth-order valence-electron chi connectivity index (χ4n) is 3.58. The number of aromatic nitrogens is 3. The highest BCUT2D eigenvalue weighted by atomic mass is 32.2. The van der Waals surface area contributed by atoms with Crippen LogP contribution in [-0.4, -0.2) is 25.9 Å². The summed E-state index contributed by atoms with van der Waals surface area (Å²) in [7, 11) is 0. The molecular weight excluding hydrogens is 332 g/mol. The predicted molar refractivity (Wildman–Crippen MR) is 98.0 cm³/mol. The molecule has 6 heteroatoms. The van der Waals surface area contributed by atoms with E-state index < -0.39 is 6.10 Å². The number of benzene rings is 1. The van der Waals surface area contributed by atoms with Crippen LogP contribution in [0.2, 0.25) is 0 Å². The van der Waals surface area contributed by atoms with Gasteiger partial charge in [-0.1, -0.05) is 6.07 Å². The summed E-state index contributed by atoms with van der Waals surface area (Å²) in [6.45, 7) is 1.99. The number of hydrogen-bond acceptors (Lipinski definition) is 5. The minimum Gasteiger partial charge on any atom is -0.387 e. The van der Waals surface area contributed by atoms with E-state index in [-0.39, 0.29) is 0 Å². The largest absolute Gasteiger partial charge is 0.387 e. The van der Waals surface area contributed by atoms with Crippen molar-refractivity contribution in [1.29, 1.82) is 5.26 Å². The lowest BCUT2D eigenvalue weighted by Gasteiger charge is -2.23. The molecule has 1 aromatic carbocycles. The minimum absolute atomic E-state index is 0.534. The summed E-state index contributed by atoms with van der Waals surface area (Å²) in [4.78, 5) is 9.49. The van der Waals surface area contributed by atoms with Crippen LogP contribution in [0.1, 0.15) is 41.5 Å². The van der Waals surface area contributed by atoms with Crippen LogP contribution in [0.3, 0.4) is 0 Å². The molecule has 1 aliphatic rings. The Morgan fingerprint density at radius 1 is 1.36 bits per heavy atom. The van der Waals surface area contributed by atoms with Crippen LogP contribution < -0.4 is 0 Å². The number of thioether (sulfide) groups is 1. The summed E-state index contributed by atoms with van der Waals surface area (Å²) in [5.41, 5.74) is 4.34. The van der Waals surface area contributed by atoms with Crippen molar-refractivity contribution in [2.45, 2.75) is 37.3 Å². The Kier molecular flexibility index (Phi) is 3.98. The zero-order chi connectivity index (χ0) is 17.6. The molecule has 0 saturated heterocycles. The fraction of sp³-hybridized carbons (Fsp3) is 0.316. The third-order valence-corrected chi connectivity index (χ3v) is 5.48. The van der Waals surface area contributed by atoms with Crippen molar-refractivity contribution >= 4 is 22.7 Å². The Morgan fingerprint density at radius 2 is 2.20 bits per heavy atom. The van der Waals surface area contributed by atoms with E-state index in [9.17, 15) is 10.4 Å². The minimum atomic E-state index is -0.534. The molecule has 0 bridgehead atoms. The quantitative estimate of drug-likeness (QED) is 0.563.